The van der Waals surface area contributed by atoms with Gasteiger partial charge in [0.2, 0.25) is 10.0 Å². The summed E-state index contributed by atoms with van der Waals surface area (Å²) in [6.07, 6.45) is 1.80. The van der Waals surface area contributed by atoms with Gasteiger partial charge in [-0.05, 0) is 31.0 Å². The van der Waals surface area contributed by atoms with Crippen LogP contribution in [0.25, 0.3) is 0 Å². The second-order valence-corrected chi connectivity index (χ2v) is 8.31. The minimum atomic E-state index is -3.68. The highest BCUT2D eigenvalue weighted by atomic mass is 32.2. The first-order chi connectivity index (χ1) is 11.9. The van der Waals surface area contributed by atoms with Gasteiger partial charge >= 0.3 is 0 Å². The number of carbonyl (C=O) groups is 1. The number of halogens is 1. The number of hydrogen-bond donors (Lipinski definition) is 2. The Bertz CT molecular complexity index is 684. The van der Waals surface area contributed by atoms with Gasteiger partial charge in [-0.25, -0.2) is 12.8 Å². The third-order valence-electron chi connectivity index (χ3n) is 4.62. The van der Waals surface area contributed by atoms with E-state index < -0.39 is 15.8 Å². The monoisotopic (exact) mass is 372 g/mol. The molecule has 6 nitrogen and oxygen atoms in total. The van der Waals surface area contributed by atoms with Crippen LogP contribution in [0.4, 0.5) is 4.39 Å². The van der Waals surface area contributed by atoms with E-state index >= 15 is 0 Å². The molecule has 25 heavy (non-hydrogen) atoms. The summed E-state index contributed by atoms with van der Waals surface area (Å²) in [6.45, 7) is 6.20. The molecule has 0 atom stereocenters. The fraction of sp³-hybridized carbons (Fsp3) is 0.588. The van der Waals surface area contributed by atoms with Gasteiger partial charge in [-0.15, -0.1) is 0 Å². The van der Waals surface area contributed by atoms with E-state index in [1.807, 2.05) is 13.8 Å². The summed E-state index contributed by atoms with van der Waals surface area (Å²) in [5.74, 6) is -0.562. The van der Waals surface area contributed by atoms with Crippen LogP contribution >= 0.6 is 0 Å². The highest BCUT2D eigenvalue weighted by Crippen LogP contribution is 2.16. The lowest BCUT2D eigenvalue weighted by atomic mass is 10.2. The van der Waals surface area contributed by atoms with E-state index in [2.05, 4.69) is 5.32 Å². The summed E-state index contributed by atoms with van der Waals surface area (Å²) < 4.78 is 39.8. The highest BCUT2D eigenvalue weighted by molar-refractivity contribution is 7.89. The van der Waals surface area contributed by atoms with Gasteiger partial charge in [0.1, 0.15) is 5.82 Å². The number of nitrogens with one attached hydrogen (secondary N) is 2. The van der Waals surface area contributed by atoms with Crippen LogP contribution < -0.4 is 10.2 Å². The summed E-state index contributed by atoms with van der Waals surface area (Å²) >= 11 is 0. The first kappa shape index (κ1) is 19.8. The molecular formula is C17H27FN3O3S+. The number of amides is 1. The predicted molar refractivity (Wildman–Crippen MR) is 93.2 cm³/mol. The van der Waals surface area contributed by atoms with Gasteiger partial charge in [-0.3, -0.25) is 4.79 Å². The summed E-state index contributed by atoms with van der Waals surface area (Å²) in [7, 11) is -3.68. The van der Waals surface area contributed by atoms with Crippen molar-refractivity contribution in [1.82, 2.24) is 9.62 Å². The van der Waals surface area contributed by atoms with Gasteiger partial charge in [0.25, 0.3) is 5.91 Å². The number of benzene rings is 1. The molecule has 0 aromatic heterocycles. The summed E-state index contributed by atoms with van der Waals surface area (Å²) in [5.41, 5.74) is 0. The van der Waals surface area contributed by atoms with Crippen LogP contribution in [0.5, 0.6) is 0 Å². The SMILES string of the molecule is CCC(CC)NC(=O)C[NH+]1CCN(S(=O)(=O)c2cccc(F)c2)CC1. The lowest BCUT2D eigenvalue weighted by Gasteiger charge is -2.31. The number of piperazine rings is 1. The van der Waals surface area contributed by atoms with E-state index in [0.29, 0.717) is 32.7 Å². The van der Waals surface area contributed by atoms with E-state index in [1.165, 1.54) is 22.5 Å². The van der Waals surface area contributed by atoms with Crippen LogP contribution in [0.15, 0.2) is 29.2 Å². The van der Waals surface area contributed by atoms with Crippen molar-refractivity contribution in [2.75, 3.05) is 32.7 Å². The summed E-state index contributed by atoms with van der Waals surface area (Å²) in [6, 6.07) is 5.26. The van der Waals surface area contributed by atoms with Crippen molar-refractivity contribution >= 4 is 15.9 Å². The lowest BCUT2D eigenvalue weighted by Crippen LogP contribution is -3.15. The van der Waals surface area contributed by atoms with Crippen molar-refractivity contribution in [3.05, 3.63) is 30.1 Å². The van der Waals surface area contributed by atoms with E-state index in [1.54, 1.807) is 0 Å². The zero-order valence-electron chi connectivity index (χ0n) is 14.8. The van der Waals surface area contributed by atoms with E-state index in [4.69, 9.17) is 0 Å². The molecule has 1 aromatic rings. The topological polar surface area (TPSA) is 70.9 Å². The Morgan fingerprint density at radius 1 is 1.28 bits per heavy atom. The molecule has 1 aromatic carbocycles. The second-order valence-electron chi connectivity index (χ2n) is 6.37. The highest BCUT2D eigenvalue weighted by Gasteiger charge is 2.31. The maximum atomic E-state index is 13.3. The minimum absolute atomic E-state index is 0.00476. The fourth-order valence-corrected chi connectivity index (χ4v) is 4.47. The Kier molecular flexibility index (Phi) is 6.92. The summed E-state index contributed by atoms with van der Waals surface area (Å²) in [5, 5.41) is 3.00. The molecule has 0 unspecified atom stereocenters. The van der Waals surface area contributed by atoms with Crippen LogP contribution in [-0.4, -0.2) is 57.4 Å². The average Bonchev–Trinajstić information content (AvgIpc) is 2.60. The Balaban J connectivity index is 1.90. The smallest absolute Gasteiger partial charge is 0.275 e. The van der Waals surface area contributed by atoms with Gasteiger partial charge in [0.05, 0.1) is 31.1 Å². The number of hydrogen-bond acceptors (Lipinski definition) is 3. The summed E-state index contributed by atoms with van der Waals surface area (Å²) in [4.78, 5) is 13.1. The molecular weight excluding hydrogens is 345 g/mol. The van der Waals surface area contributed by atoms with Crippen molar-refractivity contribution in [3.63, 3.8) is 0 Å². The Hall–Kier alpha value is -1.51. The van der Waals surface area contributed by atoms with Crippen molar-refractivity contribution in [3.8, 4) is 0 Å². The predicted octanol–water partition coefficient (Wildman–Crippen LogP) is 0.0197. The first-order valence-corrected chi connectivity index (χ1v) is 10.2. The van der Waals surface area contributed by atoms with Crippen LogP contribution in [0.3, 0.4) is 0 Å². The van der Waals surface area contributed by atoms with Gasteiger partial charge in [0, 0.05) is 6.04 Å². The van der Waals surface area contributed by atoms with Crippen LogP contribution in [0.1, 0.15) is 26.7 Å². The maximum absolute atomic E-state index is 13.3. The van der Waals surface area contributed by atoms with Crippen LogP contribution in [-0.2, 0) is 14.8 Å². The Labute approximate surface area is 149 Å². The fourth-order valence-electron chi connectivity index (χ4n) is 2.99. The van der Waals surface area contributed by atoms with Gasteiger partial charge in [-0.2, -0.15) is 4.31 Å². The molecule has 8 heteroatoms. The number of carbonyl (C=O) groups excluding carboxylic acids is 1. The molecule has 1 fully saturated rings. The molecule has 0 aliphatic carbocycles. The molecule has 2 rings (SSSR count). The van der Waals surface area contributed by atoms with Crippen LogP contribution in [0.2, 0.25) is 0 Å². The standard InChI is InChI=1S/C17H26FN3O3S/c1-3-15(4-2)19-17(22)13-20-8-10-21(11-9-20)25(23,24)16-7-5-6-14(18)12-16/h5-7,12,15H,3-4,8-11,13H2,1-2H3,(H,19,22)/p+1. The zero-order chi connectivity index (χ0) is 18.4. The molecule has 0 radical (unpaired) electrons. The number of sulfonamides is 1. The first-order valence-electron chi connectivity index (χ1n) is 8.75. The third-order valence-corrected chi connectivity index (χ3v) is 6.52. The van der Waals surface area contributed by atoms with Crippen LogP contribution in [0, 0.1) is 5.82 Å². The van der Waals surface area contributed by atoms with Gasteiger partial charge in [0.15, 0.2) is 6.54 Å². The largest absolute Gasteiger partial charge is 0.349 e. The molecule has 140 valence electrons. The average molecular weight is 372 g/mol. The van der Waals surface area contributed by atoms with Gasteiger partial charge < -0.3 is 10.2 Å². The molecule has 1 saturated heterocycles. The molecule has 0 saturated carbocycles. The molecule has 1 heterocycles. The molecule has 0 bridgehead atoms. The number of nitrogens with zero attached hydrogens (tertiary/aromatic N) is 1. The molecule has 0 spiro atoms. The van der Waals surface area contributed by atoms with Crippen molar-refractivity contribution < 1.29 is 22.5 Å². The van der Waals surface area contributed by atoms with Crippen molar-refractivity contribution in [2.45, 2.75) is 37.6 Å². The van der Waals surface area contributed by atoms with E-state index in [9.17, 15) is 17.6 Å². The lowest BCUT2D eigenvalue weighted by molar-refractivity contribution is -0.895. The van der Waals surface area contributed by atoms with E-state index in [-0.39, 0.29) is 16.8 Å². The molecule has 1 aliphatic heterocycles. The molecule has 1 aliphatic rings. The maximum Gasteiger partial charge on any atom is 0.275 e. The van der Waals surface area contributed by atoms with Gasteiger partial charge in [-0.1, -0.05) is 19.9 Å². The molecule has 1 amide bonds. The third kappa shape index (κ3) is 5.23. The number of rotatable bonds is 7. The van der Waals surface area contributed by atoms with Crippen molar-refractivity contribution in [1.29, 1.82) is 0 Å². The quantitative estimate of drug-likeness (QED) is 0.709. The van der Waals surface area contributed by atoms with Crippen molar-refractivity contribution in [2.24, 2.45) is 0 Å². The Morgan fingerprint density at radius 2 is 1.92 bits per heavy atom. The Morgan fingerprint density at radius 3 is 2.48 bits per heavy atom. The second kappa shape index (κ2) is 8.73. The minimum Gasteiger partial charge on any atom is -0.349 e. The molecule has 2 N–H and O–H groups in total. The van der Waals surface area contributed by atoms with E-state index in [0.717, 1.165) is 23.8 Å². The normalized spacial score (nSPS) is 17.0. The zero-order valence-corrected chi connectivity index (χ0v) is 15.6. The number of quaternary nitrogens is 1.